The summed E-state index contributed by atoms with van der Waals surface area (Å²) in [5, 5.41) is 40.2. The smallest absolute Gasteiger partial charge is 0.190 e. The van der Waals surface area contributed by atoms with E-state index >= 15 is 0 Å². The monoisotopic (exact) mass is 362 g/mol. The Bertz CT molecular complexity index is 663. The van der Waals surface area contributed by atoms with Crippen LogP contribution in [0.3, 0.4) is 0 Å². The van der Waals surface area contributed by atoms with Crippen LogP contribution in [0.5, 0.6) is 0 Å². The molecule has 0 radical (unpaired) electrons. The molecule has 3 aliphatic carbocycles. The highest BCUT2D eigenvalue weighted by Crippen LogP contribution is 2.59. The highest BCUT2D eigenvalue weighted by Gasteiger charge is 2.61. The van der Waals surface area contributed by atoms with E-state index in [0.29, 0.717) is 24.8 Å². The molecule has 0 aliphatic heterocycles. The first kappa shape index (κ1) is 19.5. The van der Waals surface area contributed by atoms with Crippen molar-refractivity contribution in [3.8, 4) is 0 Å². The first-order valence-electron chi connectivity index (χ1n) is 9.54. The van der Waals surface area contributed by atoms with Crippen molar-refractivity contribution in [3.05, 3.63) is 35.5 Å². The van der Waals surface area contributed by atoms with Gasteiger partial charge in [0.25, 0.3) is 0 Å². The molecule has 26 heavy (non-hydrogen) atoms. The standard InChI is InChI=1S/C21H30O5/c1-13-15(10-16(23)11-18(13)24)6-5-14-4-3-8-20(2)17(14)7-9-21(20,26)19(25)12-22/h5-6,16-18,22-24,26H,1,3-4,7-12H2,2H3/b14-5+,15-6-/t16-,17+,18+,20+,21+/m1/s1. The van der Waals surface area contributed by atoms with Gasteiger partial charge in [0.2, 0.25) is 0 Å². The fourth-order valence-electron chi connectivity index (χ4n) is 5.31. The molecule has 0 aromatic rings. The van der Waals surface area contributed by atoms with Gasteiger partial charge in [0.05, 0.1) is 12.2 Å². The van der Waals surface area contributed by atoms with E-state index in [1.807, 2.05) is 19.1 Å². The number of hydrogen-bond acceptors (Lipinski definition) is 5. The van der Waals surface area contributed by atoms with Crippen LogP contribution >= 0.6 is 0 Å². The third-order valence-electron chi connectivity index (χ3n) is 6.99. The Morgan fingerprint density at radius 2 is 2.04 bits per heavy atom. The van der Waals surface area contributed by atoms with Crippen molar-refractivity contribution < 1.29 is 25.2 Å². The molecule has 144 valence electrons. The number of aliphatic hydroxyl groups is 4. The van der Waals surface area contributed by atoms with Gasteiger partial charge in [-0.25, -0.2) is 0 Å². The van der Waals surface area contributed by atoms with Crippen molar-refractivity contribution >= 4 is 5.78 Å². The third kappa shape index (κ3) is 3.01. The Hall–Kier alpha value is -1.27. The molecule has 3 saturated carbocycles. The van der Waals surface area contributed by atoms with Gasteiger partial charge in [-0.05, 0) is 55.6 Å². The molecule has 0 aromatic heterocycles. The van der Waals surface area contributed by atoms with Crippen LogP contribution in [0, 0.1) is 11.3 Å². The third-order valence-corrected chi connectivity index (χ3v) is 6.99. The molecule has 3 fully saturated rings. The summed E-state index contributed by atoms with van der Waals surface area (Å²) in [6.45, 7) is 5.28. The predicted octanol–water partition coefficient (Wildman–Crippen LogP) is 1.80. The molecule has 0 saturated heterocycles. The van der Waals surface area contributed by atoms with Gasteiger partial charge >= 0.3 is 0 Å². The lowest BCUT2D eigenvalue weighted by atomic mass is 9.60. The molecule has 0 spiro atoms. The molecule has 5 atom stereocenters. The molecule has 0 heterocycles. The summed E-state index contributed by atoms with van der Waals surface area (Å²) in [6, 6.07) is 0. The van der Waals surface area contributed by atoms with Crippen LogP contribution < -0.4 is 0 Å². The normalized spacial score (nSPS) is 43.7. The second-order valence-corrected chi connectivity index (χ2v) is 8.37. The summed E-state index contributed by atoms with van der Waals surface area (Å²) in [5.41, 5.74) is 0.688. The fourth-order valence-corrected chi connectivity index (χ4v) is 5.31. The Labute approximate surface area is 154 Å². The Morgan fingerprint density at radius 3 is 2.73 bits per heavy atom. The second-order valence-electron chi connectivity index (χ2n) is 8.37. The molecule has 0 amide bonds. The fraction of sp³-hybridized carbons (Fsp3) is 0.667. The minimum Gasteiger partial charge on any atom is -0.393 e. The molecular formula is C21H30O5. The molecule has 3 aliphatic rings. The maximum Gasteiger partial charge on any atom is 0.190 e. The van der Waals surface area contributed by atoms with Crippen LogP contribution in [0.1, 0.15) is 51.9 Å². The van der Waals surface area contributed by atoms with E-state index in [2.05, 4.69) is 6.58 Å². The number of carbonyl (C=O) groups excluding carboxylic acids is 1. The van der Waals surface area contributed by atoms with Crippen molar-refractivity contribution in [2.75, 3.05) is 6.61 Å². The van der Waals surface area contributed by atoms with Crippen LogP contribution in [-0.2, 0) is 4.79 Å². The van der Waals surface area contributed by atoms with E-state index < -0.39 is 35.6 Å². The Kier molecular flexibility index (Phi) is 5.28. The Morgan fingerprint density at radius 1 is 1.31 bits per heavy atom. The van der Waals surface area contributed by atoms with E-state index in [4.69, 9.17) is 0 Å². The van der Waals surface area contributed by atoms with E-state index in [-0.39, 0.29) is 5.92 Å². The minimum atomic E-state index is -1.46. The average Bonchev–Trinajstić information content (AvgIpc) is 2.89. The first-order valence-corrected chi connectivity index (χ1v) is 9.54. The largest absolute Gasteiger partial charge is 0.393 e. The SMILES string of the molecule is C=C1/C(=C\C=C2/CCC[C@@]3(C)[C@H]2CC[C@]3(O)C(=O)CO)C[C@@H](O)C[C@@H]1O. The predicted molar refractivity (Wildman–Crippen MR) is 98.3 cm³/mol. The van der Waals surface area contributed by atoms with Crippen LogP contribution in [0.15, 0.2) is 35.5 Å². The molecule has 5 heteroatoms. The van der Waals surface area contributed by atoms with E-state index in [1.54, 1.807) is 0 Å². The summed E-state index contributed by atoms with van der Waals surface area (Å²) in [4.78, 5) is 12.2. The highest BCUT2D eigenvalue weighted by molar-refractivity contribution is 5.89. The lowest BCUT2D eigenvalue weighted by Crippen LogP contribution is -2.53. The lowest BCUT2D eigenvalue weighted by molar-refractivity contribution is -0.154. The molecule has 4 N–H and O–H groups in total. The van der Waals surface area contributed by atoms with Crippen LogP contribution in [0.25, 0.3) is 0 Å². The summed E-state index contributed by atoms with van der Waals surface area (Å²) in [5.74, 6) is -0.380. The van der Waals surface area contributed by atoms with Gasteiger partial charge in [-0.1, -0.05) is 31.2 Å². The van der Waals surface area contributed by atoms with Crippen molar-refractivity contribution in [3.63, 3.8) is 0 Å². The minimum absolute atomic E-state index is 0.0975. The molecular weight excluding hydrogens is 332 g/mol. The van der Waals surface area contributed by atoms with E-state index in [0.717, 1.165) is 31.3 Å². The quantitative estimate of drug-likeness (QED) is 0.614. The zero-order valence-corrected chi connectivity index (χ0v) is 15.4. The van der Waals surface area contributed by atoms with E-state index in [9.17, 15) is 25.2 Å². The van der Waals surface area contributed by atoms with Crippen LogP contribution in [-0.4, -0.2) is 50.6 Å². The van der Waals surface area contributed by atoms with Gasteiger partial charge in [-0.3, -0.25) is 4.79 Å². The van der Waals surface area contributed by atoms with E-state index in [1.165, 1.54) is 5.57 Å². The topological polar surface area (TPSA) is 98.0 Å². The zero-order chi connectivity index (χ0) is 19.1. The van der Waals surface area contributed by atoms with Gasteiger partial charge in [0.15, 0.2) is 5.78 Å². The van der Waals surface area contributed by atoms with Gasteiger partial charge in [0, 0.05) is 11.8 Å². The molecule has 0 bridgehead atoms. The summed E-state index contributed by atoms with van der Waals surface area (Å²) in [6.07, 6.45) is 7.15. The van der Waals surface area contributed by atoms with Crippen molar-refractivity contribution in [2.24, 2.45) is 11.3 Å². The first-order chi connectivity index (χ1) is 12.2. The van der Waals surface area contributed by atoms with Crippen molar-refractivity contribution in [2.45, 2.75) is 69.7 Å². The van der Waals surface area contributed by atoms with Crippen LogP contribution in [0.2, 0.25) is 0 Å². The average molecular weight is 362 g/mol. The number of hydrogen-bond donors (Lipinski definition) is 4. The number of carbonyl (C=O) groups is 1. The maximum atomic E-state index is 12.2. The number of Topliss-reactive ketones (excluding diaryl/α,β-unsaturated/α-hetero) is 1. The lowest BCUT2D eigenvalue weighted by Gasteiger charge is -2.45. The van der Waals surface area contributed by atoms with Gasteiger partial charge < -0.3 is 20.4 Å². The number of rotatable bonds is 3. The van der Waals surface area contributed by atoms with Gasteiger partial charge in [0.1, 0.15) is 12.2 Å². The summed E-state index contributed by atoms with van der Waals surface area (Å²) in [7, 11) is 0. The van der Waals surface area contributed by atoms with Crippen LogP contribution in [0.4, 0.5) is 0 Å². The number of allylic oxidation sites excluding steroid dienone is 3. The van der Waals surface area contributed by atoms with Gasteiger partial charge in [-0.15, -0.1) is 0 Å². The molecule has 0 aromatic carbocycles. The summed E-state index contributed by atoms with van der Waals surface area (Å²) >= 11 is 0. The molecule has 0 unspecified atom stereocenters. The highest BCUT2D eigenvalue weighted by atomic mass is 16.3. The van der Waals surface area contributed by atoms with Gasteiger partial charge in [-0.2, -0.15) is 0 Å². The summed E-state index contributed by atoms with van der Waals surface area (Å²) < 4.78 is 0. The number of fused-ring (bicyclic) bond motifs is 1. The number of aliphatic hydroxyl groups excluding tert-OH is 3. The van der Waals surface area contributed by atoms with Crippen molar-refractivity contribution in [1.29, 1.82) is 0 Å². The zero-order valence-electron chi connectivity index (χ0n) is 15.4. The van der Waals surface area contributed by atoms with Crippen molar-refractivity contribution in [1.82, 2.24) is 0 Å². The second kappa shape index (κ2) is 7.04. The molecule has 3 rings (SSSR count). The maximum absolute atomic E-state index is 12.2. The Balaban J connectivity index is 1.88. The number of ketones is 1. The molecule has 5 nitrogen and oxygen atoms in total.